The summed E-state index contributed by atoms with van der Waals surface area (Å²) in [5.41, 5.74) is 1.11. The summed E-state index contributed by atoms with van der Waals surface area (Å²) < 4.78 is 4.19. The molecule has 0 amide bonds. The molecule has 2 aromatic heterocycles. The molecule has 0 fully saturated rings. The number of Topliss-reactive ketones (excluding diaryl/α,β-unsaturated/α-hetero) is 1. The molecule has 10 nitrogen and oxygen atoms in total. The average molecular weight is 492 g/mol. The number of fused-ring (bicyclic) bond motifs is 1. The maximum absolute atomic E-state index is 13.0. The molecule has 2 aromatic carbocycles. The van der Waals surface area contributed by atoms with Gasteiger partial charge in [0.25, 0.3) is 5.56 Å². The van der Waals surface area contributed by atoms with Crippen LogP contribution in [0.4, 0.5) is 0 Å². The first kappa shape index (κ1) is 24.9. The Morgan fingerprint density at radius 2 is 1.69 bits per heavy atom. The van der Waals surface area contributed by atoms with Crippen molar-refractivity contribution in [1.82, 2.24) is 23.6 Å². The molecule has 0 bridgehead atoms. The van der Waals surface area contributed by atoms with Crippen LogP contribution < -0.4 is 11.2 Å². The molecule has 1 atom stereocenters. The molecule has 10 heteroatoms. The fraction of sp³-hybridized carbons (Fsp3) is 0.308. The number of aromatic nitrogens is 4. The highest BCUT2D eigenvalue weighted by molar-refractivity contribution is 5.98. The summed E-state index contributed by atoms with van der Waals surface area (Å²) in [5, 5.41) is 19.6. The lowest BCUT2D eigenvalue weighted by molar-refractivity contribution is 0.0920. The summed E-state index contributed by atoms with van der Waals surface area (Å²) in [5.74, 6) is -0.587. The van der Waals surface area contributed by atoms with Gasteiger partial charge in [-0.25, -0.2) is 9.78 Å². The first-order valence-corrected chi connectivity index (χ1v) is 11.6. The van der Waals surface area contributed by atoms with E-state index in [0.29, 0.717) is 30.7 Å². The van der Waals surface area contributed by atoms with Crippen LogP contribution in [0.15, 0.2) is 64.4 Å². The standard InChI is InChI=1S/C26H29N5O5/c1-17(31-16-27-24-23(31)25(35)29(3)26(36)28(24)2)9-10-30(14-18-7-5-4-6-8-18)15-22(34)19-11-20(32)13-21(33)12-19/h4-8,11-13,16-17,32-33H,9-10,14-15H2,1-3H3. The summed E-state index contributed by atoms with van der Waals surface area (Å²) in [7, 11) is 3.02. The molecular formula is C26H29N5O5. The number of nitrogens with zero attached hydrogens (tertiary/aromatic N) is 5. The van der Waals surface area contributed by atoms with E-state index in [0.717, 1.165) is 10.1 Å². The van der Waals surface area contributed by atoms with Crippen LogP contribution in [0.5, 0.6) is 11.5 Å². The van der Waals surface area contributed by atoms with Crippen LogP contribution in [0, 0.1) is 0 Å². The van der Waals surface area contributed by atoms with E-state index in [-0.39, 0.29) is 35.4 Å². The number of rotatable bonds is 9. The van der Waals surface area contributed by atoms with E-state index in [1.165, 1.54) is 29.8 Å². The van der Waals surface area contributed by atoms with E-state index in [1.807, 2.05) is 42.2 Å². The maximum atomic E-state index is 13.0. The van der Waals surface area contributed by atoms with Crippen molar-refractivity contribution in [3.05, 3.63) is 86.8 Å². The quantitative estimate of drug-likeness (QED) is 0.344. The van der Waals surface area contributed by atoms with Crippen molar-refractivity contribution in [3.8, 4) is 11.5 Å². The Balaban J connectivity index is 1.57. The number of hydrogen-bond acceptors (Lipinski definition) is 7. The minimum absolute atomic E-state index is 0.0749. The Labute approximate surface area is 207 Å². The van der Waals surface area contributed by atoms with E-state index in [9.17, 15) is 24.6 Å². The van der Waals surface area contributed by atoms with Gasteiger partial charge in [-0.1, -0.05) is 30.3 Å². The Morgan fingerprint density at radius 3 is 2.36 bits per heavy atom. The Kier molecular flexibility index (Phi) is 7.07. The number of carbonyl (C=O) groups excluding carboxylic acids is 1. The van der Waals surface area contributed by atoms with Crippen molar-refractivity contribution in [1.29, 1.82) is 0 Å². The van der Waals surface area contributed by atoms with Crippen molar-refractivity contribution < 1.29 is 15.0 Å². The predicted octanol–water partition coefficient (Wildman–Crippen LogP) is 2.18. The van der Waals surface area contributed by atoms with Gasteiger partial charge < -0.3 is 14.8 Å². The number of benzene rings is 2. The predicted molar refractivity (Wildman–Crippen MR) is 135 cm³/mol. The topological polar surface area (TPSA) is 123 Å². The third-order valence-corrected chi connectivity index (χ3v) is 6.35. The highest BCUT2D eigenvalue weighted by Gasteiger charge is 2.20. The molecule has 36 heavy (non-hydrogen) atoms. The Hall–Kier alpha value is -4.18. The van der Waals surface area contributed by atoms with Crippen LogP contribution in [0.3, 0.4) is 0 Å². The lowest BCUT2D eigenvalue weighted by atomic mass is 10.1. The van der Waals surface area contributed by atoms with Gasteiger partial charge in [-0.2, -0.15) is 0 Å². The van der Waals surface area contributed by atoms with Crippen LogP contribution >= 0.6 is 0 Å². The number of phenols is 2. The number of phenolic OH excluding ortho intramolecular Hbond substituents is 2. The van der Waals surface area contributed by atoms with Crippen molar-refractivity contribution >= 4 is 16.9 Å². The number of imidazole rings is 1. The number of carbonyl (C=O) groups is 1. The SMILES string of the molecule is CC(CCN(CC(=O)c1cc(O)cc(O)c1)Cc1ccccc1)n1cnc2c1c(=O)n(C)c(=O)n2C. The summed E-state index contributed by atoms with van der Waals surface area (Å²) in [6, 6.07) is 13.5. The number of ketones is 1. The summed E-state index contributed by atoms with van der Waals surface area (Å²) in [6.45, 7) is 3.08. The van der Waals surface area contributed by atoms with Gasteiger partial charge in [0.1, 0.15) is 11.5 Å². The van der Waals surface area contributed by atoms with Crippen LogP contribution in [0.25, 0.3) is 11.2 Å². The van der Waals surface area contributed by atoms with Gasteiger partial charge in [0, 0.05) is 44.9 Å². The zero-order chi connectivity index (χ0) is 26.0. The molecule has 4 aromatic rings. The zero-order valence-electron chi connectivity index (χ0n) is 20.5. The summed E-state index contributed by atoms with van der Waals surface area (Å²) in [4.78, 5) is 44.3. The highest BCUT2D eigenvalue weighted by Crippen LogP contribution is 2.22. The average Bonchev–Trinajstić information content (AvgIpc) is 3.30. The minimum atomic E-state index is -0.434. The van der Waals surface area contributed by atoms with Gasteiger partial charge in [-0.3, -0.25) is 23.6 Å². The van der Waals surface area contributed by atoms with E-state index in [1.54, 1.807) is 17.9 Å². The van der Waals surface area contributed by atoms with Crippen molar-refractivity contribution in [2.45, 2.75) is 25.9 Å². The molecule has 0 aliphatic heterocycles. The second kappa shape index (κ2) is 10.2. The van der Waals surface area contributed by atoms with Crippen molar-refractivity contribution in [2.75, 3.05) is 13.1 Å². The molecule has 1 unspecified atom stereocenters. The van der Waals surface area contributed by atoms with Crippen LogP contribution in [-0.2, 0) is 20.6 Å². The summed E-state index contributed by atoms with van der Waals surface area (Å²) in [6.07, 6.45) is 2.17. The molecule has 0 radical (unpaired) electrons. The van der Waals surface area contributed by atoms with Crippen LogP contribution in [0.2, 0.25) is 0 Å². The molecule has 0 aliphatic rings. The monoisotopic (exact) mass is 491 g/mol. The van der Waals surface area contributed by atoms with Gasteiger partial charge in [0.05, 0.1) is 12.9 Å². The lowest BCUT2D eigenvalue weighted by Crippen LogP contribution is -2.38. The molecule has 2 N–H and O–H groups in total. The molecule has 0 saturated heterocycles. The lowest BCUT2D eigenvalue weighted by Gasteiger charge is -2.24. The fourth-order valence-corrected chi connectivity index (χ4v) is 4.31. The van der Waals surface area contributed by atoms with E-state index >= 15 is 0 Å². The third kappa shape index (κ3) is 5.08. The van der Waals surface area contributed by atoms with Gasteiger partial charge >= 0.3 is 5.69 Å². The molecule has 2 heterocycles. The van der Waals surface area contributed by atoms with Crippen molar-refractivity contribution in [3.63, 3.8) is 0 Å². The third-order valence-electron chi connectivity index (χ3n) is 6.35. The van der Waals surface area contributed by atoms with Gasteiger partial charge in [0.2, 0.25) is 0 Å². The molecule has 0 spiro atoms. The first-order chi connectivity index (χ1) is 17.2. The number of aromatic hydroxyl groups is 2. The maximum Gasteiger partial charge on any atom is 0.332 e. The van der Waals surface area contributed by atoms with Crippen molar-refractivity contribution in [2.24, 2.45) is 14.1 Å². The Bertz CT molecular complexity index is 1500. The molecule has 188 valence electrons. The van der Waals surface area contributed by atoms with E-state index < -0.39 is 11.2 Å². The second-order valence-corrected chi connectivity index (χ2v) is 9.03. The van der Waals surface area contributed by atoms with Gasteiger partial charge in [-0.05, 0) is 31.0 Å². The smallest absolute Gasteiger partial charge is 0.332 e. The fourth-order valence-electron chi connectivity index (χ4n) is 4.31. The normalized spacial score (nSPS) is 12.3. The number of aryl methyl sites for hydroxylation is 1. The first-order valence-electron chi connectivity index (χ1n) is 11.6. The molecule has 0 saturated carbocycles. The molecule has 4 rings (SSSR count). The van der Waals surface area contributed by atoms with Crippen LogP contribution in [0.1, 0.15) is 35.3 Å². The molecule has 0 aliphatic carbocycles. The van der Waals surface area contributed by atoms with E-state index in [2.05, 4.69) is 4.98 Å². The summed E-state index contributed by atoms with van der Waals surface area (Å²) >= 11 is 0. The number of hydrogen-bond donors (Lipinski definition) is 2. The van der Waals surface area contributed by atoms with Gasteiger partial charge in [0.15, 0.2) is 16.9 Å². The Morgan fingerprint density at radius 1 is 1.03 bits per heavy atom. The largest absolute Gasteiger partial charge is 0.508 e. The second-order valence-electron chi connectivity index (χ2n) is 9.03. The van der Waals surface area contributed by atoms with Gasteiger partial charge in [-0.15, -0.1) is 0 Å². The highest BCUT2D eigenvalue weighted by atomic mass is 16.3. The molecular weight excluding hydrogens is 462 g/mol. The van der Waals surface area contributed by atoms with E-state index in [4.69, 9.17) is 0 Å². The van der Waals surface area contributed by atoms with Crippen LogP contribution in [-0.4, -0.2) is 52.7 Å². The zero-order valence-corrected chi connectivity index (χ0v) is 20.5. The minimum Gasteiger partial charge on any atom is -0.508 e.